The average molecular weight is 278 g/mol. The maximum atomic E-state index is 13.4. The number of carbonyl (C=O) groups excluding carboxylic acids is 1. The largest absolute Gasteiger partial charge is 0.497 e. The van der Waals surface area contributed by atoms with Gasteiger partial charge in [0.25, 0.3) is 0 Å². The summed E-state index contributed by atoms with van der Waals surface area (Å²) in [5, 5.41) is 4.02. The van der Waals surface area contributed by atoms with Gasteiger partial charge in [-0.05, 0) is 17.7 Å². The molecule has 4 nitrogen and oxygen atoms in total. The maximum Gasteiger partial charge on any atom is 0.315 e. The Labute approximate surface area is 114 Å². The number of hydrogen-bond donors (Lipinski definition) is 0. The van der Waals surface area contributed by atoms with Gasteiger partial charge in [0.2, 0.25) is 5.78 Å². The van der Waals surface area contributed by atoms with Crippen LogP contribution in [0.5, 0.6) is 5.75 Å². The second kappa shape index (κ2) is 4.40. The topological polar surface area (TPSA) is 44.1 Å². The van der Waals surface area contributed by atoms with Crippen molar-refractivity contribution in [3.8, 4) is 5.75 Å². The van der Waals surface area contributed by atoms with Gasteiger partial charge in [0.15, 0.2) is 0 Å². The third kappa shape index (κ3) is 1.97. The zero-order valence-corrected chi connectivity index (χ0v) is 10.8. The molecule has 6 heteroatoms. The SMILES string of the molecule is COc1ccc(Cn2ncc3c2CC(F)(F)C3=O)cc1. The van der Waals surface area contributed by atoms with Gasteiger partial charge in [-0.2, -0.15) is 13.9 Å². The van der Waals surface area contributed by atoms with Crippen LogP contribution in [-0.4, -0.2) is 28.6 Å². The van der Waals surface area contributed by atoms with Crippen molar-refractivity contribution in [2.75, 3.05) is 7.11 Å². The second-order valence-corrected chi connectivity index (χ2v) is 4.72. The summed E-state index contributed by atoms with van der Waals surface area (Å²) >= 11 is 0. The van der Waals surface area contributed by atoms with E-state index >= 15 is 0 Å². The summed E-state index contributed by atoms with van der Waals surface area (Å²) in [5.41, 5.74) is 1.23. The fourth-order valence-corrected chi connectivity index (χ4v) is 2.31. The molecule has 0 N–H and O–H groups in total. The highest BCUT2D eigenvalue weighted by molar-refractivity contribution is 6.05. The Hall–Kier alpha value is -2.24. The van der Waals surface area contributed by atoms with E-state index in [1.165, 1.54) is 10.9 Å². The molecule has 0 saturated carbocycles. The molecule has 0 fully saturated rings. The Morgan fingerprint density at radius 2 is 2.05 bits per heavy atom. The third-order valence-corrected chi connectivity index (χ3v) is 3.41. The molecule has 0 amide bonds. The molecule has 1 aliphatic carbocycles. The van der Waals surface area contributed by atoms with Crippen molar-refractivity contribution < 1.29 is 18.3 Å². The van der Waals surface area contributed by atoms with E-state index in [2.05, 4.69) is 5.10 Å². The highest BCUT2D eigenvalue weighted by Crippen LogP contribution is 2.34. The minimum Gasteiger partial charge on any atom is -0.497 e. The van der Waals surface area contributed by atoms with Crippen molar-refractivity contribution in [1.82, 2.24) is 9.78 Å². The minimum absolute atomic E-state index is 0.0310. The number of halogens is 2. The second-order valence-electron chi connectivity index (χ2n) is 4.72. The molecule has 104 valence electrons. The summed E-state index contributed by atoms with van der Waals surface area (Å²) in [6.45, 7) is 0.350. The number of aromatic nitrogens is 2. The van der Waals surface area contributed by atoms with E-state index in [4.69, 9.17) is 4.74 Å². The monoisotopic (exact) mass is 278 g/mol. The zero-order chi connectivity index (χ0) is 14.3. The van der Waals surface area contributed by atoms with Crippen LogP contribution in [0.25, 0.3) is 0 Å². The molecule has 0 bridgehead atoms. The number of benzene rings is 1. The molecule has 0 aliphatic heterocycles. The molecular weight excluding hydrogens is 266 g/mol. The molecule has 1 heterocycles. The average Bonchev–Trinajstić information content (AvgIpc) is 2.90. The van der Waals surface area contributed by atoms with Gasteiger partial charge in [-0.15, -0.1) is 0 Å². The van der Waals surface area contributed by atoms with Gasteiger partial charge < -0.3 is 4.74 Å². The fourth-order valence-electron chi connectivity index (χ4n) is 2.31. The lowest BCUT2D eigenvalue weighted by Gasteiger charge is -2.08. The summed E-state index contributed by atoms with van der Waals surface area (Å²) in [6.07, 6.45) is 0.652. The van der Waals surface area contributed by atoms with Gasteiger partial charge in [-0.1, -0.05) is 12.1 Å². The van der Waals surface area contributed by atoms with E-state index in [9.17, 15) is 13.6 Å². The predicted octanol–water partition coefficient (Wildman–Crippen LogP) is 2.31. The van der Waals surface area contributed by atoms with Crippen molar-refractivity contribution in [2.24, 2.45) is 0 Å². The molecule has 1 aromatic heterocycles. The van der Waals surface area contributed by atoms with Crippen LogP contribution >= 0.6 is 0 Å². The van der Waals surface area contributed by atoms with Crippen molar-refractivity contribution in [3.63, 3.8) is 0 Å². The smallest absolute Gasteiger partial charge is 0.315 e. The fraction of sp³-hybridized carbons (Fsp3) is 0.286. The predicted molar refractivity (Wildman–Crippen MR) is 67.3 cm³/mol. The number of ether oxygens (including phenoxy) is 1. The van der Waals surface area contributed by atoms with E-state index in [1.54, 1.807) is 19.2 Å². The van der Waals surface area contributed by atoms with Crippen molar-refractivity contribution in [2.45, 2.75) is 18.9 Å². The standard InChI is InChI=1S/C14H12F2N2O2/c1-20-10-4-2-9(3-5-10)8-18-12-6-14(15,16)13(19)11(12)7-17-18/h2-5,7H,6,8H2,1H3. The molecule has 1 aliphatic rings. The molecule has 0 atom stereocenters. The lowest BCUT2D eigenvalue weighted by Crippen LogP contribution is -2.24. The Kier molecular flexibility index (Phi) is 2.81. The number of fused-ring (bicyclic) bond motifs is 1. The number of rotatable bonds is 3. The maximum absolute atomic E-state index is 13.4. The molecule has 2 aromatic rings. The first-order chi connectivity index (χ1) is 9.51. The van der Waals surface area contributed by atoms with E-state index in [0.29, 0.717) is 12.2 Å². The van der Waals surface area contributed by atoms with Crippen LogP contribution in [0.3, 0.4) is 0 Å². The number of methoxy groups -OCH3 is 1. The van der Waals surface area contributed by atoms with E-state index < -0.39 is 18.1 Å². The van der Waals surface area contributed by atoms with Crippen molar-refractivity contribution >= 4 is 5.78 Å². The van der Waals surface area contributed by atoms with E-state index in [1.807, 2.05) is 12.1 Å². The normalized spacial score (nSPS) is 16.2. The summed E-state index contributed by atoms with van der Waals surface area (Å²) < 4.78 is 33.3. The van der Waals surface area contributed by atoms with Gasteiger partial charge in [-0.25, -0.2) is 0 Å². The van der Waals surface area contributed by atoms with Gasteiger partial charge >= 0.3 is 5.92 Å². The Morgan fingerprint density at radius 3 is 2.70 bits per heavy atom. The number of ketones is 1. The molecule has 3 rings (SSSR count). The van der Waals surface area contributed by atoms with Gasteiger partial charge in [0.1, 0.15) is 5.75 Å². The van der Waals surface area contributed by atoms with Crippen LogP contribution in [-0.2, 0) is 13.0 Å². The van der Waals surface area contributed by atoms with Crippen LogP contribution in [0.1, 0.15) is 21.6 Å². The van der Waals surface area contributed by atoms with Crippen LogP contribution in [0, 0.1) is 0 Å². The zero-order valence-electron chi connectivity index (χ0n) is 10.8. The molecule has 0 saturated heterocycles. The Bertz CT molecular complexity index is 662. The van der Waals surface area contributed by atoms with Crippen LogP contribution in [0.4, 0.5) is 8.78 Å². The first-order valence-electron chi connectivity index (χ1n) is 6.11. The summed E-state index contributed by atoms with van der Waals surface area (Å²) in [7, 11) is 1.57. The molecule has 0 spiro atoms. The van der Waals surface area contributed by atoms with E-state index in [-0.39, 0.29) is 5.56 Å². The van der Waals surface area contributed by atoms with E-state index in [0.717, 1.165) is 11.3 Å². The summed E-state index contributed by atoms with van der Waals surface area (Å²) in [6, 6.07) is 7.25. The lowest BCUT2D eigenvalue weighted by molar-refractivity contribution is 0.0158. The minimum atomic E-state index is -3.30. The molecule has 1 aromatic carbocycles. The highest BCUT2D eigenvalue weighted by atomic mass is 19.3. The summed E-state index contributed by atoms with van der Waals surface area (Å²) in [5.74, 6) is -3.70. The number of carbonyl (C=O) groups is 1. The molecule has 0 unspecified atom stereocenters. The van der Waals surface area contributed by atoms with Crippen LogP contribution in [0.2, 0.25) is 0 Å². The Morgan fingerprint density at radius 1 is 1.35 bits per heavy atom. The number of nitrogens with zero attached hydrogens (tertiary/aromatic N) is 2. The molecular formula is C14H12F2N2O2. The Balaban J connectivity index is 1.87. The van der Waals surface area contributed by atoms with Crippen molar-refractivity contribution in [3.05, 3.63) is 47.3 Å². The summed E-state index contributed by atoms with van der Waals surface area (Å²) in [4.78, 5) is 11.4. The van der Waals surface area contributed by atoms with Gasteiger partial charge in [0, 0.05) is 0 Å². The van der Waals surface area contributed by atoms with Crippen molar-refractivity contribution in [1.29, 1.82) is 0 Å². The third-order valence-electron chi connectivity index (χ3n) is 3.41. The highest BCUT2D eigenvalue weighted by Gasteiger charge is 2.48. The first-order valence-corrected chi connectivity index (χ1v) is 6.11. The number of Topliss-reactive ketones (excluding diaryl/α,β-unsaturated/α-hetero) is 1. The first kappa shape index (κ1) is 12.8. The number of hydrogen-bond acceptors (Lipinski definition) is 3. The lowest BCUT2D eigenvalue weighted by atomic mass is 10.2. The molecule has 0 radical (unpaired) electrons. The van der Waals surface area contributed by atoms with Crippen LogP contribution in [0.15, 0.2) is 30.5 Å². The molecule has 20 heavy (non-hydrogen) atoms. The quantitative estimate of drug-likeness (QED) is 0.865. The number of alkyl halides is 2. The van der Waals surface area contributed by atoms with Gasteiger partial charge in [0.05, 0.1) is 37.5 Å². The van der Waals surface area contributed by atoms with Gasteiger partial charge in [-0.3, -0.25) is 9.48 Å². The van der Waals surface area contributed by atoms with Crippen LogP contribution < -0.4 is 4.74 Å².